The summed E-state index contributed by atoms with van der Waals surface area (Å²) in [5, 5.41) is 0. The Balaban J connectivity index is 2.91. The van der Waals surface area contributed by atoms with Gasteiger partial charge in [0.25, 0.3) is 0 Å². The minimum atomic E-state index is -0.221. The van der Waals surface area contributed by atoms with Crippen LogP contribution in [0.25, 0.3) is 10.2 Å². The molecule has 56 valence electrons. The third kappa shape index (κ3) is 1.01. The van der Waals surface area contributed by atoms with Gasteiger partial charge in [0.1, 0.15) is 5.52 Å². The maximum atomic E-state index is 13.0. The lowest BCUT2D eigenvalue weighted by molar-refractivity contribution is 0.636. The SMILES string of the molecule is Cc1cc(F)c2ncsc2c1. The van der Waals surface area contributed by atoms with Crippen LogP contribution < -0.4 is 0 Å². The van der Waals surface area contributed by atoms with Gasteiger partial charge in [-0.25, -0.2) is 9.37 Å². The summed E-state index contributed by atoms with van der Waals surface area (Å²) in [7, 11) is 0. The van der Waals surface area contributed by atoms with Crippen LogP contribution in [-0.4, -0.2) is 4.98 Å². The predicted octanol–water partition coefficient (Wildman–Crippen LogP) is 2.74. The molecule has 0 aliphatic rings. The van der Waals surface area contributed by atoms with Gasteiger partial charge >= 0.3 is 0 Å². The van der Waals surface area contributed by atoms with Crippen LogP contribution in [0.15, 0.2) is 17.6 Å². The zero-order chi connectivity index (χ0) is 7.84. The maximum absolute atomic E-state index is 13.0. The lowest BCUT2D eigenvalue weighted by Gasteiger charge is -1.92. The van der Waals surface area contributed by atoms with Crippen LogP contribution in [0.1, 0.15) is 5.56 Å². The number of aromatic nitrogens is 1. The van der Waals surface area contributed by atoms with Crippen molar-refractivity contribution in [1.82, 2.24) is 4.98 Å². The maximum Gasteiger partial charge on any atom is 0.150 e. The fraction of sp³-hybridized carbons (Fsp3) is 0.125. The molecular weight excluding hydrogens is 161 g/mol. The Labute approximate surface area is 67.5 Å². The van der Waals surface area contributed by atoms with Gasteiger partial charge in [0.05, 0.1) is 10.2 Å². The van der Waals surface area contributed by atoms with Gasteiger partial charge in [-0.2, -0.15) is 0 Å². The lowest BCUT2D eigenvalue weighted by atomic mass is 10.2. The van der Waals surface area contributed by atoms with Gasteiger partial charge in [0.15, 0.2) is 5.82 Å². The van der Waals surface area contributed by atoms with Crippen LogP contribution in [0, 0.1) is 12.7 Å². The van der Waals surface area contributed by atoms with E-state index in [2.05, 4.69) is 4.98 Å². The summed E-state index contributed by atoms with van der Waals surface area (Å²) in [5.41, 5.74) is 3.09. The van der Waals surface area contributed by atoms with Crippen molar-refractivity contribution in [3.05, 3.63) is 29.0 Å². The third-order valence-electron chi connectivity index (χ3n) is 1.53. The molecule has 2 aromatic rings. The summed E-state index contributed by atoms with van der Waals surface area (Å²) >= 11 is 1.46. The van der Waals surface area contributed by atoms with E-state index in [1.165, 1.54) is 17.4 Å². The summed E-state index contributed by atoms with van der Waals surface area (Å²) in [6.45, 7) is 1.88. The molecule has 0 spiro atoms. The quantitative estimate of drug-likeness (QED) is 0.588. The number of rotatable bonds is 0. The molecule has 11 heavy (non-hydrogen) atoms. The van der Waals surface area contributed by atoms with E-state index in [-0.39, 0.29) is 5.82 Å². The van der Waals surface area contributed by atoms with Gasteiger partial charge in [-0.1, -0.05) is 0 Å². The molecule has 0 bridgehead atoms. The van der Waals surface area contributed by atoms with Gasteiger partial charge in [-0.15, -0.1) is 11.3 Å². The van der Waals surface area contributed by atoms with E-state index >= 15 is 0 Å². The molecule has 0 amide bonds. The Kier molecular flexibility index (Phi) is 1.39. The highest BCUT2D eigenvalue weighted by atomic mass is 32.1. The van der Waals surface area contributed by atoms with E-state index < -0.39 is 0 Å². The van der Waals surface area contributed by atoms with Crippen molar-refractivity contribution in [2.45, 2.75) is 6.92 Å². The van der Waals surface area contributed by atoms with Crippen molar-refractivity contribution in [2.75, 3.05) is 0 Å². The minimum absolute atomic E-state index is 0.221. The number of halogens is 1. The summed E-state index contributed by atoms with van der Waals surface area (Å²) in [5.74, 6) is -0.221. The van der Waals surface area contributed by atoms with Crippen LogP contribution in [0.3, 0.4) is 0 Å². The summed E-state index contributed by atoms with van der Waals surface area (Å²) in [6, 6.07) is 3.44. The molecule has 0 saturated carbocycles. The first-order valence-corrected chi connectivity index (χ1v) is 4.14. The fourth-order valence-electron chi connectivity index (χ4n) is 1.05. The molecule has 0 aliphatic carbocycles. The van der Waals surface area contributed by atoms with E-state index in [1.807, 2.05) is 13.0 Å². The molecule has 0 atom stereocenters. The highest BCUT2D eigenvalue weighted by Crippen LogP contribution is 2.21. The van der Waals surface area contributed by atoms with E-state index in [9.17, 15) is 4.39 Å². The molecule has 0 saturated heterocycles. The van der Waals surface area contributed by atoms with Crippen molar-refractivity contribution < 1.29 is 4.39 Å². The number of benzene rings is 1. The van der Waals surface area contributed by atoms with Crippen molar-refractivity contribution in [3.63, 3.8) is 0 Å². The molecule has 0 aliphatic heterocycles. The van der Waals surface area contributed by atoms with Crippen molar-refractivity contribution in [1.29, 1.82) is 0 Å². The van der Waals surface area contributed by atoms with Crippen LogP contribution >= 0.6 is 11.3 Å². The molecule has 1 heterocycles. The lowest BCUT2D eigenvalue weighted by Crippen LogP contribution is -1.79. The summed E-state index contributed by atoms with van der Waals surface area (Å²) < 4.78 is 13.9. The minimum Gasteiger partial charge on any atom is -0.242 e. The van der Waals surface area contributed by atoms with Crippen LogP contribution in [-0.2, 0) is 0 Å². The Morgan fingerprint density at radius 3 is 3.09 bits per heavy atom. The number of nitrogens with zero attached hydrogens (tertiary/aromatic N) is 1. The topological polar surface area (TPSA) is 12.9 Å². The van der Waals surface area contributed by atoms with Crippen molar-refractivity contribution >= 4 is 21.6 Å². The molecule has 2 rings (SSSR count). The molecule has 1 aromatic heterocycles. The highest BCUT2D eigenvalue weighted by molar-refractivity contribution is 7.16. The molecule has 0 N–H and O–H groups in total. The number of hydrogen-bond acceptors (Lipinski definition) is 2. The Hall–Kier alpha value is -0.960. The monoisotopic (exact) mass is 167 g/mol. The Morgan fingerprint density at radius 1 is 1.45 bits per heavy atom. The van der Waals surface area contributed by atoms with Gasteiger partial charge in [-0.3, -0.25) is 0 Å². The second kappa shape index (κ2) is 2.27. The van der Waals surface area contributed by atoms with E-state index in [4.69, 9.17) is 0 Å². The first-order valence-electron chi connectivity index (χ1n) is 3.27. The highest BCUT2D eigenvalue weighted by Gasteiger charge is 2.02. The summed E-state index contributed by atoms with van der Waals surface area (Å²) in [4.78, 5) is 3.90. The molecule has 0 unspecified atom stereocenters. The molecular formula is C8H6FNS. The zero-order valence-electron chi connectivity index (χ0n) is 5.97. The average molecular weight is 167 g/mol. The van der Waals surface area contributed by atoms with Gasteiger partial charge in [0.2, 0.25) is 0 Å². The largest absolute Gasteiger partial charge is 0.242 e. The zero-order valence-corrected chi connectivity index (χ0v) is 6.78. The first-order chi connectivity index (χ1) is 5.27. The predicted molar refractivity (Wildman–Crippen MR) is 44.3 cm³/mol. The number of hydrogen-bond donors (Lipinski definition) is 0. The summed E-state index contributed by atoms with van der Waals surface area (Å²) in [6.07, 6.45) is 0. The molecule has 3 heteroatoms. The van der Waals surface area contributed by atoms with Crippen LogP contribution in [0.2, 0.25) is 0 Å². The Bertz CT molecular complexity index is 394. The van der Waals surface area contributed by atoms with Gasteiger partial charge < -0.3 is 0 Å². The number of aryl methyl sites for hydroxylation is 1. The first kappa shape index (κ1) is 6.73. The van der Waals surface area contributed by atoms with E-state index in [1.54, 1.807) is 5.51 Å². The number of thiazole rings is 1. The molecule has 1 aromatic carbocycles. The Morgan fingerprint density at radius 2 is 2.27 bits per heavy atom. The normalized spacial score (nSPS) is 10.7. The molecule has 1 nitrogen and oxygen atoms in total. The van der Waals surface area contributed by atoms with Crippen LogP contribution in [0.5, 0.6) is 0 Å². The fourth-order valence-corrected chi connectivity index (χ4v) is 1.84. The smallest absolute Gasteiger partial charge is 0.150 e. The van der Waals surface area contributed by atoms with Gasteiger partial charge in [0, 0.05) is 0 Å². The van der Waals surface area contributed by atoms with Crippen LogP contribution in [0.4, 0.5) is 4.39 Å². The van der Waals surface area contributed by atoms with E-state index in [0.717, 1.165) is 10.3 Å². The average Bonchev–Trinajstić information content (AvgIpc) is 2.34. The third-order valence-corrected chi connectivity index (χ3v) is 2.31. The second-order valence-electron chi connectivity index (χ2n) is 2.45. The molecule has 0 fully saturated rings. The second-order valence-corrected chi connectivity index (χ2v) is 3.33. The van der Waals surface area contributed by atoms with E-state index in [0.29, 0.717) is 5.52 Å². The number of fused-ring (bicyclic) bond motifs is 1. The molecule has 0 radical (unpaired) electrons. The van der Waals surface area contributed by atoms with Crippen molar-refractivity contribution in [3.8, 4) is 0 Å². The van der Waals surface area contributed by atoms with Crippen molar-refractivity contribution in [2.24, 2.45) is 0 Å². The standard InChI is InChI=1S/C8H6FNS/c1-5-2-6(9)8-7(3-5)11-4-10-8/h2-4H,1H3. The van der Waals surface area contributed by atoms with Gasteiger partial charge in [-0.05, 0) is 24.6 Å².